The minimum Gasteiger partial charge on any atom is -0.459 e. The van der Waals surface area contributed by atoms with E-state index in [9.17, 15) is 9.59 Å². The first kappa shape index (κ1) is 15.2. The molecule has 1 unspecified atom stereocenters. The van der Waals surface area contributed by atoms with Gasteiger partial charge in [0.15, 0.2) is 5.76 Å². The number of hydrogen-bond donors (Lipinski definition) is 2. The van der Waals surface area contributed by atoms with Crippen molar-refractivity contribution in [1.82, 2.24) is 5.32 Å². The van der Waals surface area contributed by atoms with Crippen molar-refractivity contribution >= 4 is 29.3 Å². The van der Waals surface area contributed by atoms with Crippen molar-refractivity contribution in [1.29, 1.82) is 0 Å². The van der Waals surface area contributed by atoms with E-state index in [0.717, 1.165) is 10.6 Å². The van der Waals surface area contributed by atoms with E-state index in [1.54, 1.807) is 30.8 Å². The summed E-state index contributed by atoms with van der Waals surface area (Å²) in [5.41, 5.74) is 0.731. The third-order valence-electron chi connectivity index (χ3n) is 2.85. The lowest BCUT2D eigenvalue weighted by atomic mass is 10.2. The van der Waals surface area contributed by atoms with E-state index in [4.69, 9.17) is 4.42 Å². The Hall–Kier alpha value is -2.21. The minimum absolute atomic E-state index is 0.180. The van der Waals surface area contributed by atoms with Crippen molar-refractivity contribution < 1.29 is 14.0 Å². The lowest BCUT2D eigenvalue weighted by molar-refractivity contribution is -0.117. The number of carbonyl (C=O) groups excluding carboxylic acids is 2. The van der Waals surface area contributed by atoms with Gasteiger partial charge in [-0.2, -0.15) is 0 Å². The molecule has 0 radical (unpaired) electrons. The van der Waals surface area contributed by atoms with Crippen LogP contribution in [0.15, 0.2) is 52.0 Å². The van der Waals surface area contributed by atoms with Crippen LogP contribution in [-0.4, -0.2) is 24.1 Å². The molecule has 2 rings (SSSR count). The maximum absolute atomic E-state index is 12.1. The van der Waals surface area contributed by atoms with Crippen LogP contribution in [0.1, 0.15) is 17.5 Å². The van der Waals surface area contributed by atoms with E-state index in [0.29, 0.717) is 0 Å². The van der Waals surface area contributed by atoms with E-state index < -0.39 is 11.9 Å². The van der Waals surface area contributed by atoms with E-state index in [-0.39, 0.29) is 11.7 Å². The Kier molecular flexibility index (Phi) is 5.05. The largest absolute Gasteiger partial charge is 0.459 e. The van der Waals surface area contributed by atoms with Crippen molar-refractivity contribution in [3.05, 3.63) is 48.4 Å². The molecule has 0 saturated heterocycles. The molecular formula is C15H16N2O3S. The molecule has 2 N–H and O–H groups in total. The van der Waals surface area contributed by atoms with Gasteiger partial charge in [0.2, 0.25) is 5.91 Å². The fourth-order valence-electron chi connectivity index (χ4n) is 1.73. The first-order valence-electron chi connectivity index (χ1n) is 6.40. The molecule has 5 nitrogen and oxygen atoms in total. The van der Waals surface area contributed by atoms with Crippen LogP contribution in [0.5, 0.6) is 0 Å². The fourth-order valence-corrected chi connectivity index (χ4v) is 2.28. The summed E-state index contributed by atoms with van der Waals surface area (Å²) in [4.78, 5) is 24.9. The zero-order valence-electron chi connectivity index (χ0n) is 11.8. The average Bonchev–Trinajstić information content (AvgIpc) is 3.02. The molecular weight excluding hydrogens is 288 g/mol. The van der Waals surface area contributed by atoms with Crippen LogP contribution in [0, 0.1) is 0 Å². The smallest absolute Gasteiger partial charge is 0.287 e. The maximum Gasteiger partial charge on any atom is 0.287 e. The summed E-state index contributed by atoms with van der Waals surface area (Å²) in [7, 11) is 0. The Morgan fingerprint density at radius 2 is 1.95 bits per heavy atom. The number of thioether (sulfide) groups is 1. The second-order valence-electron chi connectivity index (χ2n) is 4.36. The van der Waals surface area contributed by atoms with Gasteiger partial charge >= 0.3 is 0 Å². The molecule has 0 saturated carbocycles. The minimum atomic E-state index is -0.669. The van der Waals surface area contributed by atoms with E-state index >= 15 is 0 Å². The Labute approximate surface area is 127 Å². The van der Waals surface area contributed by atoms with Crippen molar-refractivity contribution in [2.24, 2.45) is 0 Å². The highest BCUT2D eigenvalue weighted by Gasteiger charge is 2.18. The summed E-state index contributed by atoms with van der Waals surface area (Å²) < 4.78 is 4.98. The molecule has 0 aliphatic carbocycles. The topological polar surface area (TPSA) is 71.3 Å². The molecule has 0 aliphatic rings. The standard InChI is InChI=1S/C15H16N2O3S/c1-10(16-15(19)12-7-5-9-20-12)14(18)17-11-6-3-4-8-13(11)21-2/h3-10H,1-2H3,(H,16,19)(H,17,18). The highest BCUT2D eigenvalue weighted by atomic mass is 32.2. The summed E-state index contributed by atoms with van der Waals surface area (Å²) in [5.74, 6) is -0.517. The second-order valence-corrected chi connectivity index (χ2v) is 5.21. The van der Waals surface area contributed by atoms with Gasteiger partial charge in [0, 0.05) is 4.90 Å². The number of para-hydroxylation sites is 1. The Bertz CT molecular complexity index is 626. The predicted molar refractivity (Wildman–Crippen MR) is 82.5 cm³/mol. The van der Waals surface area contributed by atoms with E-state index in [1.165, 1.54) is 6.26 Å². The van der Waals surface area contributed by atoms with Crippen LogP contribution in [0.25, 0.3) is 0 Å². The SMILES string of the molecule is CSc1ccccc1NC(=O)C(C)NC(=O)c1ccco1. The van der Waals surface area contributed by atoms with Gasteiger partial charge in [-0.3, -0.25) is 9.59 Å². The van der Waals surface area contributed by atoms with Crippen molar-refractivity contribution in [3.63, 3.8) is 0 Å². The normalized spacial score (nSPS) is 11.7. The van der Waals surface area contributed by atoms with Crippen LogP contribution < -0.4 is 10.6 Å². The fraction of sp³-hybridized carbons (Fsp3) is 0.200. The summed E-state index contributed by atoms with van der Waals surface area (Å²) in [6, 6.07) is 10.00. The van der Waals surface area contributed by atoms with Gasteiger partial charge in [-0.1, -0.05) is 12.1 Å². The van der Waals surface area contributed by atoms with Crippen molar-refractivity contribution in [2.75, 3.05) is 11.6 Å². The summed E-state index contributed by atoms with van der Waals surface area (Å²) >= 11 is 1.54. The van der Waals surface area contributed by atoms with Crippen LogP contribution in [0.4, 0.5) is 5.69 Å². The molecule has 0 spiro atoms. The molecule has 1 atom stereocenters. The molecule has 6 heteroatoms. The third kappa shape index (κ3) is 3.88. The van der Waals surface area contributed by atoms with E-state index in [2.05, 4.69) is 10.6 Å². The number of rotatable bonds is 5. The van der Waals surface area contributed by atoms with Crippen LogP contribution in [0.2, 0.25) is 0 Å². The summed E-state index contributed by atoms with van der Waals surface area (Å²) in [6.45, 7) is 1.62. The molecule has 1 aromatic heterocycles. The molecule has 1 heterocycles. The summed E-state index contributed by atoms with van der Waals surface area (Å²) in [6.07, 6.45) is 3.35. The first-order valence-corrected chi connectivity index (χ1v) is 7.62. The molecule has 0 bridgehead atoms. The first-order chi connectivity index (χ1) is 10.1. The number of hydrogen-bond acceptors (Lipinski definition) is 4. The monoisotopic (exact) mass is 304 g/mol. The number of anilines is 1. The van der Waals surface area contributed by atoms with Gasteiger partial charge < -0.3 is 15.1 Å². The van der Waals surface area contributed by atoms with Crippen LogP contribution in [-0.2, 0) is 4.79 Å². The Morgan fingerprint density at radius 3 is 2.62 bits per heavy atom. The Balaban J connectivity index is 1.98. The number of nitrogens with one attached hydrogen (secondary N) is 2. The zero-order chi connectivity index (χ0) is 15.2. The summed E-state index contributed by atoms with van der Waals surface area (Å²) in [5, 5.41) is 5.40. The van der Waals surface area contributed by atoms with Gasteiger partial charge in [0.05, 0.1) is 12.0 Å². The highest BCUT2D eigenvalue weighted by molar-refractivity contribution is 7.98. The molecule has 1 aromatic carbocycles. The molecule has 110 valence electrons. The molecule has 2 aromatic rings. The van der Waals surface area contributed by atoms with Gasteiger partial charge in [-0.15, -0.1) is 11.8 Å². The molecule has 0 fully saturated rings. The molecule has 0 aliphatic heterocycles. The van der Waals surface area contributed by atoms with Crippen LogP contribution >= 0.6 is 11.8 Å². The van der Waals surface area contributed by atoms with Gasteiger partial charge in [-0.05, 0) is 37.4 Å². The van der Waals surface area contributed by atoms with Gasteiger partial charge in [-0.25, -0.2) is 0 Å². The lowest BCUT2D eigenvalue weighted by Gasteiger charge is -2.15. The lowest BCUT2D eigenvalue weighted by Crippen LogP contribution is -2.41. The quantitative estimate of drug-likeness (QED) is 0.833. The number of carbonyl (C=O) groups is 2. The predicted octanol–water partition coefficient (Wildman–Crippen LogP) is 2.76. The highest BCUT2D eigenvalue weighted by Crippen LogP contribution is 2.24. The van der Waals surface area contributed by atoms with E-state index in [1.807, 2.05) is 30.5 Å². The number of benzene rings is 1. The molecule has 2 amide bonds. The number of amides is 2. The van der Waals surface area contributed by atoms with Gasteiger partial charge in [0.25, 0.3) is 5.91 Å². The van der Waals surface area contributed by atoms with Crippen molar-refractivity contribution in [2.45, 2.75) is 17.9 Å². The Morgan fingerprint density at radius 1 is 1.19 bits per heavy atom. The average molecular weight is 304 g/mol. The second kappa shape index (κ2) is 6.99. The third-order valence-corrected chi connectivity index (χ3v) is 3.65. The maximum atomic E-state index is 12.1. The molecule has 21 heavy (non-hydrogen) atoms. The van der Waals surface area contributed by atoms with Gasteiger partial charge in [0.1, 0.15) is 6.04 Å². The zero-order valence-corrected chi connectivity index (χ0v) is 12.6. The van der Waals surface area contributed by atoms with Crippen LogP contribution in [0.3, 0.4) is 0 Å². The number of furan rings is 1. The van der Waals surface area contributed by atoms with Crippen molar-refractivity contribution in [3.8, 4) is 0 Å².